The van der Waals surface area contributed by atoms with E-state index in [0.717, 1.165) is 12.0 Å². The summed E-state index contributed by atoms with van der Waals surface area (Å²) in [5, 5.41) is 0. The predicted octanol–water partition coefficient (Wildman–Crippen LogP) is 0.779. The molecule has 0 saturated carbocycles. The number of benzene rings is 1. The van der Waals surface area contributed by atoms with E-state index >= 15 is 0 Å². The lowest BCUT2D eigenvalue weighted by atomic mass is 10.1. The number of hydrogen-bond donors (Lipinski definition) is 1. The quantitative estimate of drug-likeness (QED) is 0.771. The average Bonchev–Trinajstić information content (AvgIpc) is 2.32. The standard InChI is InChI=1S/C12H12N2O2/c15-11-12(16)14(9-7-13-11)8-6-10-4-2-1-3-5-10/h1-5,7,9H,6,8H2,(H,13,15). The first kappa shape index (κ1) is 10.4. The van der Waals surface area contributed by atoms with E-state index in [1.165, 1.54) is 10.8 Å². The van der Waals surface area contributed by atoms with E-state index in [1.807, 2.05) is 30.3 Å². The number of aryl methyl sites for hydroxylation is 2. The second-order valence-corrected chi connectivity index (χ2v) is 3.52. The highest BCUT2D eigenvalue weighted by Gasteiger charge is 1.99. The van der Waals surface area contributed by atoms with Crippen LogP contribution < -0.4 is 11.1 Å². The first-order valence-corrected chi connectivity index (χ1v) is 5.09. The van der Waals surface area contributed by atoms with Gasteiger partial charge in [0.1, 0.15) is 0 Å². The van der Waals surface area contributed by atoms with E-state index in [0.29, 0.717) is 6.54 Å². The van der Waals surface area contributed by atoms with Gasteiger partial charge < -0.3 is 9.55 Å². The van der Waals surface area contributed by atoms with Gasteiger partial charge >= 0.3 is 11.1 Å². The fraction of sp³-hybridized carbons (Fsp3) is 0.167. The summed E-state index contributed by atoms with van der Waals surface area (Å²) in [5.74, 6) is 0. The van der Waals surface area contributed by atoms with E-state index in [-0.39, 0.29) is 0 Å². The van der Waals surface area contributed by atoms with Gasteiger partial charge in [-0.2, -0.15) is 0 Å². The van der Waals surface area contributed by atoms with Gasteiger partial charge in [-0.1, -0.05) is 30.3 Å². The first-order valence-electron chi connectivity index (χ1n) is 5.09. The molecule has 1 aromatic heterocycles. The maximum Gasteiger partial charge on any atom is 0.316 e. The molecule has 2 aromatic rings. The topological polar surface area (TPSA) is 54.9 Å². The van der Waals surface area contributed by atoms with Gasteiger partial charge in [0, 0.05) is 18.9 Å². The molecule has 0 aliphatic heterocycles. The molecule has 0 bridgehead atoms. The maximum absolute atomic E-state index is 11.4. The van der Waals surface area contributed by atoms with E-state index in [1.54, 1.807) is 6.20 Å². The summed E-state index contributed by atoms with van der Waals surface area (Å²) >= 11 is 0. The molecule has 1 aromatic carbocycles. The molecule has 0 saturated heterocycles. The van der Waals surface area contributed by atoms with Gasteiger partial charge in [-0.25, -0.2) is 0 Å². The Morgan fingerprint density at radius 3 is 2.62 bits per heavy atom. The van der Waals surface area contributed by atoms with Gasteiger partial charge in [-0.05, 0) is 12.0 Å². The normalized spacial score (nSPS) is 10.2. The molecule has 2 rings (SSSR count). The van der Waals surface area contributed by atoms with Crippen LogP contribution in [0.15, 0.2) is 52.3 Å². The van der Waals surface area contributed by atoms with Gasteiger partial charge in [-0.15, -0.1) is 0 Å². The molecule has 1 N–H and O–H groups in total. The molecule has 4 nitrogen and oxygen atoms in total. The summed E-state index contributed by atoms with van der Waals surface area (Å²) in [4.78, 5) is 24.8. The minimum atomic E-state index is -0.574. The zero-order valence-electron chi connectivity index (χ0n) is 8.72. The molecular formula is C12H12N2O2. The van der Waals surface area contributed by atoms with Crippen molar-refractivity contribution in [1.29, 1.82) is 0 Å². The van der Waals surface area contributed by atoms with Crippen LogP contribution in [0.2, 0.25) is 0 Å². The third-order valence-electron chi connectivity index (χ3n) is 2.41. The van der Waals surface area contributed by atoms with Gasteiger partial charge in [-0.3, -0.25) is 9.59 Å². The van der Waals surface area contributed by atoms with E-state index in [2.05, 4.69) is 4.98 Å². The molecule has 0 fully saturated rings. The summed E-state index contributed by atoms with van der Waals surface area (Å²) < 4.78 is 1.42. The van der Waals surface area contributed by atoms with Crippen LogP contribution >= 0.6 is 0 Å². The van der Waals surface area contributed by atoms with Gasteiger partial charge in [0.25, 0.3) is 0 Å². The summed E-state index contributed by atoms with van der Waals surface area (Å²) in [6.45, 7) is 0.521. The third kappa shape index (κ3) is 2.28. The third-order valence-corrected chi connectivity index (χ3v) is 2.41. The fourth-order valence-electron chi connectivity index (χ4n) is 1.53. The Bertz CT molecular complexity index is 569. The second-order valence-electron chi connectivity index (χ2n) is 3.52. The highest BCUT2D eigenvalue weighted by molar-refractivity contribution is 5.14. The zero-order chi connectivity index (χ0) is 11.4. The van der Waals surface area contributed by atoms with E-state index in [4.69, 9.17) is 0 Å². The van der Waals surface area contributed by atoms with Crippen LogP contribution in [0.5, 0.6) is 0 Å². The summed E-state index contributed by atoms with van der Waals surface area (Å²) in [6, 6.07) is 9.85. The zero-order valence-corrected chi connectivity index (χ0v) is 8.72. The molecule has 0 radical (unpaired) electrons. The average molecular weight is 216 g/mol. The Kier molecular flexibility index (Phi) is 3.00. The first-order chi connectivity index (χ1) is 7.77. The smallest absolute Gasteiger partial charge is 0.316 e. The lowest BCUT2D eigenvalue weighted by Gasteiger charge is -2.03. The maximum atomic E-state index is 11.4. The van der Waals surface area contributed by atoms with Crippen LogP contribution in [0, 0.1) is 0 Å². The van der Waals surface area contributed by atoms with Crippen molar-refractivity contribution in [3.63, 3.8) is 0 Å². The van der Waals surface area contributed by atoms with Crippen molar-refractivity contribution in [2.45, 2.75) is 13.0 Å². The molecule has 0 atom stereocenters. The Morgan fingerprint density at radius 1 is 1.12 bits per heavy atom. The molecule has 82 valence electrons. The minimum Gasteiger partial charge on any atom is -0.323 e. The van der Waals surface area contributed by atoms with Crippen molar-refractivity contribution in [2.75, 3.05) is 0 Å². The van der Waals surface area contributed by atoms with Crippen molar-refractivity contribution in [3.8, 4) is 0 Å². The van der Waals surface area contributed by atoms with Gasteiger partial charge in [0.05, 0.1) is 0 Å². The number of hydrogen-bond acceptors (Lipinski definition) is 2. The highest BCUT2D eigenvalue weighted by atomic mass is 16.2. The van der Waals surface area contributed by atoms with Gasteiger partial charge in [0.15, 0.2) is 0 Å². The molecule has 0 unspecified atom stereocenters. The van der Waals surface area contributed by atoms with Crippen molar-refractivity contribution in [1.82, 2.24) is 9.55 Å². The molecule has 1 heterocycles. The molecule has 0 aliphatic carbocycles. The van der Waals surface area contributed by atoms with Crippen molar-refractivity contribution < 1.29 is 0 Å². The second kappa shape index (κ2) is 4.61. The molecule has 0 spiro atoms. The number of aromatic amines is 1. The minimum absolute atomic E-state index is 0.501. The van der Waals surface area contributed by atoms with Crippen LogP contribution in [0.3, 0.4) is 0 Å². The lowest BCUT2D eigenvalue weighted by molar-refractivity contribution is 0.656. The van der Waals surface area contributed by atoms with E-state index < -0.39 is 11.1 Å². The monoisotopic (exact) mass is 216 g/mol. The molecule has 16 heavy (non-hydrogen) atoms. The van der Waals surface area contributed by atoms with E-state index in [9.17, 15) is 9.59 Å². The lowest BCUT2D eigenvalue weighted by Crippen LogP contribution is -2.35. The van der Waals surface area contributed by atoms with Crippen LogP contribution in [0.1, 0.15) is 5.56 Å². The predicted molar refractivity (Wildman–Crippen MR) is 61.5 cm³/mol. The SMILES string of the molecule is O=c1[nH]ccn(CCc2ccccc2)c1=O. The van der Waals surface area contributed by atoms with Gasteiger partial charge in [0.2, 0.25) is 0 Å². The van der Waals surface area contributed by atoms with Crippen molar-refractivity contribution >= 4 is 0 Å². The number of aromatic nitrogens is 2. The molecule has 4 heteroatoms. The number of nitrogens with zero attached hydrogens (tertiary/aromatic N) is 1. The van der Waals surface area contributed by atoms with Crippen LogP contribution in [-0.2, 0) is 13.0 Å². The molecular weight excluding hydrogens is 204 g/mol. The summed E-state index contributed by atoms with van der Waals surface area (Å²) in [6.07, 6.45) is 3.81. The molecule has 0 amide bonds. The van der Waals surface area contributed by atoms with Crippen LogP contribution in [0.4, 0.5) is 0 Å². The number of rotatable bonds is 3. The number of nitrogens with one attached hydrogen (secondary N) is 1. The van der Waals surface area contributed by atoms with Crippen LogP contribution in [-0.4, -0.2) is 9.55 Å². The van der Waals surface area contributed by atoms with Crippen LogP contribution in [0.25, 0.3) is 0 Å². The molecule has 0 aliphatic rings. The summed E-state index contributed by atoms with van der Waals surface area (Å²) in [7, 11) is 0. The fourth-order valence-corrected chi connectivity index (χ4v) is 1.53. The Hall–Kier alpha value is -2.10. The van der Waals surface area contributed by atoms with Crippen molar-refractivity contribution in [2.24, 2.45) is 0 Å². The summed E-state index contributed by atoms with van der Waals surface area (Å²) in [5.41, 5.74) is 0.0728. The van der Waals surface area contributed by atoms with Crippen molar-refractivity contribution in [3.05, 3.63) is 69.0 Å². The highest BCUT2D eigenvalue weighted by Crippen LogP contribution is 1.99. The Balaban J connectivity index is 2.14. The number of H-pyrrole nitrogens is 1. The largest absolute Gasteiger partial charge is 0.323 e. The Morgan fingerprint density at radius 2 is 1.88 bits per heavy atom. The Labute approximate surface area is 92.2 Å².